The van der Waals surface area contributed by atoms with Crippen LogP contribution in [0.2, 0.25) is 0 Å². The molecular weight excluding hydrogens is 452 g/mol. The summed E-state index contributed by atoms with van der Waals surface area (Å²) in [5.74, 6) is 0.886. The van der Waals surface area contributed by atoms with Crippen molar-refractivity contribution in [1.82, 2.24) is 5.32 Å². The molecule has 0 aliphatic heterocycles. The molecule has 7 nitrogen and oxygen atoms in total. The van der Waals surface area contributed by atoms with Gasteiger partial charge in [-0.3, -0.25) is 9.10 Å². The van der Waals surface area contributed by atoms with Crippen molar-refractivity contribution in [2.75, 3.05) is 24.1 Å². The normalized spacial score (nSPS) is 12.0. The summed E-state index contributed by atoms with van der Waals surface area (Å²) in [4.78, 5) is 12.9. The van der Waals surface area contributed by atoms with E-state index in [4.69, 9.17) is 9.47 Å². The Morgan fingerprint density at radius 1 is 0.912 bits per heavy atom. The van der Waals surface area contributed by atoms with Crippen molar-refractivity contribution in [3.05, 3.63) is 84.4 Å². The van der Waals surface area contributed by atoms with Crippen LogP contribution in [-0.2, 0) is 14.8 Å². The quantitative estimate of drug-likeness (QED) is 0.443. The molecule has 0 aromatic heterocycles. The molecule has 34 heavy (non-hydrogen) atoms. The lowest BCUT2D eigenvalue weighted by atomic mass is 10.2. The minimum absolute atomic E-state index is 0.104. The fourth-order valence-corrected chi connectivity index (χ4v) is 4.70. The molecule has 0 saturated carbocycles. The Balaban J connectivity index is 1.73. The Hall–Kier alpha value is -3.52. The van der Waals surface area contributed by atoms with Crippen LogP contribution in [0, 0.1) is 6.92 Å². The van der Waals surface area contributed by atoms with Gasteiger partial charge in [0.05, 0.1) is 23.2 Å². The summed E-state index contributed by atoms with van der Waals surface area (Å²) in [6.45, 7) is 6.04. The van der Waals surface area contributed by atoms with Crippen molar-refractivity contribution in [1.29, 1.82) is 0 Å². The van der Waals surface area contributed by atoms with Gasteiger partial charge >= 0.3 is 0 Å². The van der Waals surface area contributed by atoms with Crippen LogP contribution in [0.25, 0.3) is 0 Å². The van der Waals surface area contributed by atoms with Crippen LogP contribution >= 0.6 is 0 Å². The summed E-state index contributed by atoms with van der Waals surface area (Å²) < 4.78 is 39.1. The van der Waals surface area contributed by atoms with Gasteiger partial charge in [0.25, 0.3) is 10.0 Å². The van der Waals surface area contributed by atoms with Crippen molar-refractivity contribution < 1.29 is 22.7 Å². The Morgan fingerprint density at radius 3 is 2.12 bits per heavy atom. The fourth-order valence-electron chi connectivity index (χ4n) is 3.26. The van der Waals surface area contributed by atoms with E-state index in [-0.39, 0.29) is 24.1 Å². The average Bonchev–Trinajstić information content (AvgIpc) is 2.83. The number of hydrogen-bond acceptors (Lipinski definition) is 5. The lowest BCUT2D eigenvalue weighted by Gasteiger charge is -2.25. The second-order valence-corrected chi connectivity index (χ2v) is 9.71. The van der Waals surface area contributed by atoms with Crippen LogP contribution in [0.5, 0.6) is 11.5 Å². The number of anilines is 1. The minimum Gasteiger partial charge on any atom is -0.494 e. The van der Waals surface area contributed by atoms with Crippen molar-refractivity contribution in [3.63, 3.8) is 0 Å². The molecule has 0 fully saturated rings. The van der Waals surface area contributed by atoms with Crippen LogP contribution in [0.1, 0.15) is 19.4 Å². The van der Waals surface area contributed by atoms with E-state index in [9.17, 15) is 13.2 Å². The van der Waals surface area contributed by atoms with Crippen molar-refractivity contribution >= 4 is 21.6 Å². The van der Waals surface area contributed by atoms with E-state index in [1.165, 1.54) is 12.1 Å². The standard InChI is InChI=1S/C26H30N2O5S/c1-4-32-23-16-12-22(13-17-23)28(34(30,31)25-8-6-5-7-9-25)18-26(29)27-21(3)19-33-24-14-10-20(2)11-15-24/h5-17,21H,4,18-19H2,1-3H3,(H,27,29). The van der Waals surface area contributed by atoms with Gasteiger partial charge in [0.2, 0.25) is 5.91 Å². The summed E-state index contributed by atoms with van der Waals surface area (Å²) in [7, 11) is -3.97. The molecule has 0 spiro atoms. The zero-order chi connectivity index (χ0) is 24.6. The summed E-state index contributed by atoms with van der Waals surface area (Å²) in [6, 6.07) is 22.0. The van der Waals surface area contributed by atoms with Gasteiger partial charge in [-0.1, -0.05) is 35.9 Å². The van der Waals surface area contributed by atoms with Gasteiger partial charge in [0.1, 0.15) is 24.7 Å². The van der Waals surface area contributed by atoms with Gasteiger partial charge in [-0.05, 0) is 69.3 Å². The first-order chi connectivity index (χ1) is 16.3. The number of carbonyl (C=O) groups is 1. The monoisotopic (exact) mass is 482 g/mol. The average molecular weight is 483 g/mol. The SMILES string of the molecule is CCOc1ccc(N(CC(=O)NC(C)COc2ccc(C)cc2)S(=O)(=O)c2ccccc2)cc1. The largest absolute Gasteiger partial charge is 0.494 e. The minimum atomic E-state index is -3.97. The first kappa shape index (κ1) is 25.1. The molecule has 1 N–H and O–H groups in total. The van der Waals surface area contributed by atoms with Crippen molar-refractivity contribution in [2.24, 2.45) is 0 Å². The number of nitrogens with one attached hydrogen (secondary N) is 1. The molecule has 1 amide bonds. The molecule has 0 heterocycles. The van der Waals surface area contributed by atoms with E-state index >= 15 is 0 Å². The maximum Gasteiger partial charge on any atom is 0.264 e. The highest BCUT2D eigenvalue weighted by atomic mass is 32.2. The van der Waals surface area contributed by atoms with Crippen molar-refractivity contribution in [2.45, 2.75) is 31.7 Å². The van der Waals surface area contributed by atoms with Crippen LogP contribution in [-0.4, -0.2) is 40.1 Å². The zero-order valence-electron chi connectivity index (χ0n) is 19.6. The Labute approximate surface area is 201 Å². The highest BCUT2D eigenvalue weighted by molar-refractivity contribution is 7.92. The van der Waals surface area contributed by atoms with Crippen LogP contribution in [0.15, 0.2) is 83.8 Å². The summed E-state index contributed by atoms with van der Waals surface area (Å²) >= 11 is 0. The van der Waals surface area contributed by atoms with Gasteiger partial charge in [0.15, 0.2) is 0 Å². The highest BCUT2D eigenvalue weighted by Crippen LogP contribution is 2.25. The van der Waals surface area contributed by atoms with Gasteiger partial charge in [-0.15, -0.1) is 0 Å². The molecule has 0 radical (unpaired) electrons. The second-order valence-electron chi connectivity index (χ2n) is 7.84. The predicted molar refractivity (Wildman–Crippen MR) is 133 cm³/mol. The second kappa shape index (κ2) is 11.6. The first-order valence-corrected chi connectivity index (χ1v) is 12.5. The molecule has 8 heteroatoms. The Kier molecular flexibility index (Phi) is 8.54. The summed E-state index contributed by atoms with van der Waals surface area (Å²) in [5, 5.41) is 2.82. The van der Waals surface area contributed by atoms with Crippen LogP contribution < -0.4 is 19.1 Å². The number of benzene rings is 3. The zero-order valence-corrected chi connectivity index (χ0v) is 20.4. The van der Waals surface area contributed by atoms with Crippen LogP contribution in [0.4, 0.5) is 5.69 Å². The molecule has 1 unspecified atom stereocenters. The summed E-state index contributed by atoms with van der Waals surface area (Å²) in [6.07, 6.45) is 0. The van der Waals surface area contributed by atoms with Gasteiger partial charge < -0.3 is 14.8 Å². The topological polar surface area (TPSA) is 84.9 Å². The molecule has 1 atom stereocenters. The molecule has 0 bridgehead atoms. The number of nitrogens with zero attached hydrogens (tertiary/aromatic N) is 1. The number of amides is 1. The fraction of sp³-hybridized carbons (Fsp3) is 0.269. The van der Waals surface area contributed by atoms with Crippen LogP contribution in [0.3, 0.4) is 0 Å². The third kappa shape index (κ3) is 6.74. The lowest BCUT2D eigenvalue weighted by Crippen LogP contribution is -2.45. The molecule has 3 aromatic rings. The molecule has 3 rings (SSSR count). The first-order valence-electron chi connectivity index (χ1n) is 11.1. The Bertz CT molecular complexity index is 1160. The molecular formula is C26H30N2O5S. The lowest BCUT2D eigenvalue weighted by molar-refractivity contribution is -0.120. The smallest absolute Gasteiger partial charge is 0.264 e. The molecule has 180 valence electrons. The van der Waals surface area contributed by atoms with Gasteiger partial charge in [0, 0.05) is 0 Å². The number of ether oxygens (including phenoxy) is 2. The third-order valence-corrected chi connectivity index (χ3v) is 6.77. The van der Waals surface area contributed by atoms with Crippen molar-refractivity contribution in [3.8, 4) is 11.5 Å². The van der Waals surface area contributed by atoms with E-state index in [2.05, 4.69) is 5.32 Å². The van der Waals surface area contributed by atoms with E-state index in [1.807, 2.05) is 38.1 Å². The maximum atomic E-state index is 13.4. The maximum absolute atomic E-state index is 13.4. The highest BCUT2D eigenvalue weighted by Gasteiger charge is 2.27. The Morgan fingerprint density at radius 2 is 1.50 bits per heavy atom. The van der Waals surface area contributed by atoms with E-state index in [0.29, 0.717) is 23.8 Å². The number of aryl methyl sites for hydroxylation is 1. The number of rotatable bonds is 11. The number of sulfonamides is 1. The molecule has 0 aliphatic rings. The predicted octanol–water partition coefficient (Wildman–Crippen LogP) is 4.17. The molecule has 3 aromatic carbocycles. The van der Waals surface area contributed by atoms with Gasteiger partial charge in [-0.25, -0.2) is 8.42 Å². The van der Waals surface area contributed by atoms with Gasteiger partial charge in [-0.2, -0.15) is 0 Å². The van der Waals surface area contributed by atoms with E-state index in [1.54, 1.807) is 49.4 Å². The summed E-state index contributed by atoms with van der Waals surface area (Å²) in [5.41, 5.74) is 1.49. The number of hydrogen-bond donors (Lipinski definition) is 1. The van der Waals surface area contributed by atoms with E-state index < -0.39 is 15.9 Å². The number of carbonyl (C=O) groups excluding carboxylic acids is 1. The molecule has 0 saturated heterocycles. The van der Waals surface area contributed by atoms with E-state index in [0.717, 1.165) is 9.87 Å². The third-order valence-electron chi connectivity index (χ3n) is 4.98. The molecule has 0 aliphatic carbocycles.